The minimum Gasteiger partial charge on any atom is -0.497 e. The molecule has 122 valence electrons. The minimum atomic E-state index is -0.771. The maximum Gasteiger partial charge on any atom is 0.335 e. The summed E-state index contributed by atoms with van der Waals surface area (Å²) < 4.78 is 22.6. The van der Waals surface area contributed by atoms with Crippen molar-refractivity contribution in [2.75, 3.05) is 20.3 Å². The average Bonchev–Trinajstić information content (AvgIpc) is 3.05. The molecule has 0 radical (unpaired) electrons. The molecule has 3 rings (SSSR count). The summed E-state index contributed by atoms with van der Waals surface area (Å²) in [6.07, 6.45) is 4.75. The number of hydrogen-bond donors (Lipinski definition) is 0. The zero-order valence-corrected chi connectivity index (χ0v) is 13.7. The Balaban J connectivity index is 2.02. The van der Waals surface area contributed by atoms with Gasteiger partial charge in [0.1, 0.15) is 5.76 Å². The minimum absolute atomic E-state index is 0.267. The number of carbonyl (C=O) groups excluding carboxylic acids is 1. The zero-order chi connectivity index (χ0) is 16.0. The van der Waals surface area contributed by atoms with Crippen LogP contribution in [0.1, 0.15) is 33.6 Å². The molecule has 5 heteroatoms. The van der Waals surface area contributed by atoms with Crippen molar-refractivity contribution in [3.05, 3.63) is 23.5 Å². The lowest BCUT2D eigenvalue weighted by Gasteiger charge is -2.49. The van der Waals surface area contributed by atoms with Crippen LogP contribution in [0, 0.1) is 11.3 Å². The lowest BCUT2D eigenvalue weighted by atomic mass is 9.61. The predicted octanol–water partition coefficient (Wildman–Crippen LogP) is 2.57. The van der Waals surface area contributed by atoms with Gasteiger partial charge in [-0.3, -0.25) is 0 Å². The first-order valence-corrected chi connectivity index (χ1v) is 7.82. The molecule has 2 aliphatic heterocycles. The average molecular weight is 308 g/mol. The number of ether oxygens (including phenoxy) is 4. The highest BCUT2D eigenvalue weighted by molar-refractivity contribution is 5.86. The Hall–Kier alpha value is -1.33. The van der Waals surface area contributed by atoms with Gasteiger partial charge in [-0.15, -0.1) is 0 Å². The molecule has 1 spiro atoms. The smallest absolute Gasteiger partial charge is 0.335 e. The SMILES string of the molecule is COC1=CC(=O)O[C@]12C[C@@H](C)C(C)=C[C@@]2(C)CC1OCCO1. The molecule has 1 aliphatic carbocycles. The van der Waals surface area contributed by atoms with Crippen LogP contribution in [0.25, 0.3) is 0 Å². The van der Waals surface area contributed by atoms with Gasteiger partial charge in [-0.25, -0.2) is 4.79 Å². The molecular formula is C17H24O5. The van der Waals surface area contributed by atoms with Crippen LogP contribution in [0.15, 0.2) is 23.5 Å². The summed E-state index contributed by atoms with van der Waals surface area (Å²) in [5.41, 5.74) is 0.101. The van der Waals surface area contributed by atoms with Crippen molar-refractivity contribution in [2.45, 2.75) is 45.5 Å². The number of carbonyl (C=O) groups is 1. The number of rotatable bonds is 3. The van der Waals surface area contributed by atoms with Crippen LogP contribution in [-0.2, 0) is 23.7 Å². The Bertz CT molecular complexity index is 531. The van der Waals surface area contributed by atoms with E-state index in [-0.39, 0.29) is 12.3 Å². The van der Waals surface area contributed by atoms with Crippen molar-refractivity contribution >= 4 is 5.97 Å². The van der Waals surface area contributed by atoms with E-state index in [4.69, 9.17) is 18.9 Å². The van der Waals surface area contributed by atoms with E-state index in [1.54, 1.807) is 7.11 Å². The van der Waals surface area contributed by atoms with Crippen LogP contribution in [0.5, 0.6) is 0 Å². The van der Waals surface area contributed by atoms with Crippen LogP contribution in [0.2, 0.25) is 0 Å². The Kier molecular flexibility index (Phi) is 3.81. The normalized spacial score (nSPS) is 38.9. The van der Waals surface area contributed by atoms with E-state index in [1.807, 2.05) is 0 Å². The second-order valence-corrected chi connectivity index (χ2v) is 6.75. The van der Waals surface area contributed by atoms with Crippen LogP contribution in [0.4, 0.5) is 0 Å². The summed E-state index contributed by atoms with van der Waals surface area (Å²) in [5.74, 6) is 0.591. The summed E-state index contributed by atoms with van der Waals surface area (Å²) in [4.78, 5) is 11.9. The Labute approximate surface area is 131 Å². The third kappa shape index (κ3) is 2.27. The molecule has 1 saturated heterocycles. The van der Waals surface area contributed by atoms with Gasteiger partial charge in [0.15, 0.2) is 11.9 Å². The summed E-state index contributed by atoms with van der Waals surface area (Å²) in [6, 6.07) is 0. The van der Waals surface area contributed by atoms with Crippen LogP contribution < -0.4 is 0 Å². The zero-order valence-electron chi connectivity index (χ0n) is 13.7. The number of allylic oxidation sites excluding steroid dienone is 1. The predicted molar refractivity (Wildman–Crippen MR) is 79.9 cm³/mol. The highest BCUT2D eigenvalue weighted by atomic mass is 16.7. The van der Waals surface area contributed by atoms with E-state index < -0.39 is 11.0 Å². The van der Waals surface area contributed by atoms with Crippen molar-refractivity contribution in [1.82, 2.24) is 0 Å². The summed E-state index contributed by atoms with van der Waals surface area (Å²) in [6.45, 7) is 7.59. The summed E-state index contributed by atoms with van der Waals surface area (Å²) >= 11 is 0. The largest absolute Gasteiger partial charge is 0.497 e. The highest BCUT2D eigenvalue weighted by Crippen LogP contribution is 2.55. The van der Waals surface area contributed by atoms with Crippen molar-refractivity contribution in [2.24, 2.45) is 11.3 Å². The first-order valence-electron chi connectivity index (χ1n) is 7.82. The molecular weight excluding hydrogens is 284 g/mol. The first kappa shape index (κ1) is 15.6. The van der Waals surface area contributed by atoms with E-state index in [0.717, 1.165) is 0 Å². The van der Waals surface area contributed by atoms with Gasteiger partial charge in [-0.2, -0.15) is 0 Å². The van der Waals surface area contributed by atoms with E-state index in [1.165, 1.54) is 11.6 Å². The Morgan fingerprint density at radius 2 is 2.05 bits per heavy atom. The molecule has 0 saturated carbocycles. The quantitative estimate of drug-likeness (QED) is 0.592. The fourth-order valence-corrected chi connectivity index (χ4v) is 3.92. The molecule has 22 heavy (non-hydrogen) atoms. The van der Waals surface area contributed by atoms with Crippen molar-refractivity contribution in [3.63, 3.8) is 0 Å². The van der Waals surface area contributed by atoms with Gasteiger partial charge in [0.25, 0.3) is 0 Å². The maximum absolute atomic E-state index is 11.9. The lowest BCUT2D eigenvalue weighted by Crippen LogP contribution is -2.53. The van der Waals surface area contributed by atoms with E-state index in [0.29, 0.717) is 37.7 Å². The lowest BCUT2D eigenvalue weighted by molar-refractivity contribution is -0.170. The monoisotopic (exact) mass is 308 g/mol. The third-order valence-electron chi connectivity index (χ3n) is 5.26. The Morgan fingerprint density at radius 1 is 1.36 bits per heavy atom. The molecule has 0 aromatic rings. The number of methoxy groups -OCH3 is 1. The molecule has 1 fully saturated rings. The molecule has 3 aliphatic rings. The van der Waals surface area contributed by atoms with Crippen molar-refractivity contribution in [3.8, 4) is 0 Å². The van der Waals surface area contributed by atoms with Crippen LogP contribution in [0.3, 0.4) is 0 Å². The topological polar surface area (TPSA) is 54.0 Å². The molecule has 0 aromatic carbocycles. The fourth-order valence-electron chi connectivity index (χ4n) is 3.92. The van der Waals surface area contributed by atoms with Crippen LogP contribution >= 0.6 is 0 Å². The molecule has 5 nitrogen and oxygen atoms in total. The van der Waals surface area contributed by atoms with Gasteiger partial charge >= 0.3 is 5.97 Å². The van der Waals surface area contributed by atoms with E-state index in [2.05, 4.69) is 26.8 Å². The molecule has 0 bridgehead atoms. The Morgan fingerprint density at radius 3 is 2.68 bits per heavy atom. The number of hydrogen-bond acceptors (Lipinski definition) is 5. The standard InChI is InChI=1S/C17H24O5/c1-11-8-16(3,10-15-20-5-6-21-15)17(9-12(11)2)13(19-4)7-14(18)22-17/h7-8,12,15H,5-6,9-10H2,1-4H3/t12-,16+,17-/m1/s1. The van der Waals surface area contributed by atoms with Gasteiger partial charge in [-0.05, 0) is 12.8 Å². The third-order valence-corrected chi connectivity index (χ3v) is 5.26. The van der Waals surface area contributed by atoms with E-state index in [9.17, 15) is 4.79 Å². The van der Waals surface area contributed by atoms with Gasteiger partial charge < -0.3 is 18.9 Å². The van der Waals surface area contributed by atoms with Gasteiger partial charge in [-0.1, -0.05) is 25.5 Å². The second kappa shape index (κ2) is 5.39. The molecule has 0 N–H and O–H groups in total. The van der Waals surface area contributed by atoms with Gasteiger partial charge in [0.2, 0.25) is 0 Å². The summed E-state index contributed by atoms with van der Waals surface area (Å²) in [7, 11) is 1.59. The highest BCUT2D eigenvalue weighted by Gasteiger charge is 2.60. The second-order valence-electron chi connectivity index (χ2n) is 6.75. The molecule has 0 unspecified atom stereocenters. The molecule has 3 atom stereocenters. The van der Waals surface area contributed by atoms with Crippen LogP contribution in [-0.4, -0.2) is 38.2 Å². The molecule has 0 aromatic heterocycles. The fraction of sp³-hybridized carbons (Fsp3) is 0.706. The van der Waals surface area contributed by atoms with Crippen molar-refractivity contribution < 1.29 is 23.7 Å². The molecule has 0 amide bonds. The van der Waals surface area contributed by atoms with Crippen molar-refractivity contribution in [1.29, 1.82) is 0 Å². The van der Waals surface area contributed by atoms with Gasteiger partial charge in [0.05, 0.1) is 26.4 Å². The maximum atomic E-state index is 11.9. The van der Waals surface area contributed by atoms with E-state index >= 15 is 0 Å². The van der Waals surface area contributed by atoms with Gasteiger partial charge in [0, 0.05) is 18.3 Å². The molecule has 2 heterocycles. The summed E-state index contributed by atoms with van der Waals surface area (Å²) in [5, 5.41) is 0. The first-order chi connectivity index (χ1) is 10.4. The number of esters is 1.